The van der Waals surface area contributed by atoms with Gasteiger partial charge in [-0.05, 0) is 44.7 Å². The van der Waals surface area contributed by atoms with Gasteiger partial charge in [0.2, 0.25) is 5.91 Å². The van der Waals surface area contributed by atoms with Gasteiger partial charge in [0.25, 0.3) is 0 Å². The Kier molecular flexibility index (Phi) is 6.14. The first-order chi connectivity index (χ1) is 14.1. The number of pyridine rings is 2. The molecule has 6 nitrogen and oxygen atoms in total. The van der Waals surface area contributed by atoms with E-state index >= 15 is 0 Å². The number of rotatable bonds is 7. The molecule has 1 N–H and O–H groups in total. The summed E-state index contributed by atoms with van der Waals surface area (Å²) in [5.74, 6) is 0.652. The minimum absolute atomic E-state index is 0.131. The molecule has 4 rings (SSSR count). The molecule has 29 heavy (non-hydrogen) atoms. The number of nitrogens with one attached hydrogen (secondary N) is 1. The van der Waals surface area contributed by atoms with Gasteiger partial charge in [0.15, 0.2) is 5.13 Å². The van der Waals surface area contributed by atoms with Crippen LogP contribution in [0.5, 0.6) is 5.75 Å². The van der Waals surface area contributed by atoms with Crippen molar-refractivity contribution < 1.29 is 9.53 Å². The SMILES string of the molecule is Cc1cnc(NC(=O)Cc2cc(OC3CCCC3)cc(Cc3ccccn3)n2)s1. The molecule has 1 fully saturated rings. The Morgan fingerprint density at radius 3 is 2.72 bits per heavy atom. The maximum atomic E-state index is 12.5. The van der Waals surface area contributed by atoms with E-state index in [1.165, 1.54) is 24.2 Å². The van der Waals surface area contributed by atoms with Crippen molar-refractivity contribution in [1.29, 1.82) is 0 Å². The molecule has 0 radical (unpaired) electrons. The maximum Gasteiger partial charge on any atom is 0.232 e. The number of thiazole rings is 1. The Balaban J connectivity index is 1.52. The van der Waals surface area contributed by atoms with E-state index in [1.807, 2.05) is 37.3 Å². The fourth-order valence-corrected chi connectivity index (χ4v) is 4.18. The molecule has 0 aromatic carbocycles. The molecule has 1 amide bonds. The molecular weight excluding hydrogens is 384 g/mol. The molecule has 1 aliphatic rings. The number of carbonyl (C=O) groups is 1. The van der Waals surface area contributed by atoms with Gasteiger partial charge in [0.1, 0.15) is 5.75 Å². The second-order valence-electron chi connectivity index (χ2n) is 7.31. The van der Waals surface area contributed by atoms with Gasteiger partial charge in [-0.15, -0.1) is 11.3 Å². The van der Waals surface area contributed by atoms with Crippen LogP contribution in [0.1, 0.15) is 47.6 Å². The van der Waals surface area contributed by atoms with Crippen molar-refractivity contribution in [3.8, 4) is 5.75 Å². The number of anilines is 1. The van der Waals surface area contributed by atoms with Crippen LogP contribution >= 0.6 is 11.3 Å². The Morgan fingerprint density at radius 2 is 2.00 bits per heavy atom. The molecule has 0 bridgehead atoms. The predicted molar refractivity (Wildman–Crippen MR) is 113 cm³/mol. The Labute approximate surface area is 174 Å². The van der Waals surface area contributed by atoms with E-state index in [0.717, 1.165) is 34.9 Å². The maximum absolute atomic E-state index is 12.5. The van der Waals surface area contributed by atoms with Crippen LogP contribution in [0, 0.1) is 6.92 Å². The van der Waals surface area contributed by atoms with Crippen molar-refractivity contribution in [3.05, 3.63) is 64.7 Å². The topological polar surface area (TPSA) is 77.0 Å². The normalized spacial score (nSPS) is 14.1. The van der Waals surface area contributed by atoms with Gasteiger partial charge in [0, 0.05) is 41.5 Å². The fraction of sp³-hybridized carbons (Fsp3) is 0.364. The van der Waals surface area contributed by atoms with Crippen LogP contribution in [0.3, 0.4) is 0 Å². The lowest BCUT2D eigenvalue weighted by Gasteiger charge is -2.15. The highest BCUT2D eigenvalue weighted by Gasteiger charge is 2.18. The number of carbonyl (C=O) groups excluding carboxylic acids is 1. The number of aryl methyl sites for hydroxylation is 1. The molecule has 0 atom stereocenters. The first-order valence-electron chi connectivity index (χ1n) is 9.93. The second kappa shape index (κ2) is 9.13. The Morgan fingerprint density at radius 1 is 1.17 bits per heavy atom. The first kappa shape index (κ1) is 19.5. The molecule has 3 aromatic heterocycles. The average Bonchev–Trinajstić information content (AvgIpc) is 3.34. The summed E-state index contributed by atoms with van der Waals surface area (Å²) in [6.07, 6.45) is 9.13. The van der Waals surface area contributed by atoms with Crippen molar-refractivity contribution in [2.75, 3.05) is 5.32 Å². The van der Waals surface area contributed by atoms with Crippen LogP contribution in [-0.2, 0) is 17.6 Å². The zero-order chi connectivity index (χ0) is 20.1. The van der Waals surface area contributed by atoms with Gasteiger partial charge in [0.05, 0.1) is 23.9 Å². The van der Waals surface area contributed by atoms with E-state index in [4.69, 9.17) is 9.72 Å². The summed E-state index contributed by atoms with van der Waals surface area (Å²) >= 11 is 1.46. The van der Waals surface area contributed by atoms with Crippen LogP contribution in [0.4, 0.5) is 5.13 Å². The summed E-state index contributed by atoms with van der Waals surface area (Å²) in [5, 5.41) is 3.46. The van der Waals surface area contributed by atoms with Crippen molar-refractivity contribution in [1.82, 2.24) is 15.0 Å². The quantitative estimate of drug-likeness (QED) is 0.629. The molecule has 3 heterocycles. The Bertz CT molecular complexity index is 968. The summed E-state index contributed by atoms with van der Waals surface area (Å²) in [5.41, 5.74) is 2.48. The van der Waals surface area contributed by atoms with Gasteiger partial charge in [-0.2, -0.15) is 0 Å². The summed E-state index contributed by atoms with van der Waals surface area (Å²) < 4.78 is 6.20. The van der Waals surface area contributed by atoms with Gasteiger partial charge in [-0.3, -0.25) is 14.8 Å². The lowest BCUT2D eigenvalue weighted by atomic mass is 10.1. The number of ether oxygens (including phenoxy) is 1. The zero-order valence-electron chi connectivity index (χ0n) is 16.4. The van der Waals surface area contributed by atoms with Crippen molar-refractivity contribution in [3.63, 3.8) is 0 Å². The molecule has 150 valence electrons. The third-order valence-electron chi connectivity index (χ3n) is 4.81. The number of hydrogen-bond acceptors (Lipinski definition) is 6. The smallest absolute Gasteiger partial charge is 0.232 e. The molecule has 1 aliphatic carbocycles. The third-order valence-corrected chi connectivity index (χ3v) is 5.64. The highest BCUT2D eigenvalue weighted by atomic mass is 32.1. The van der Waals surface area contributed by atoms with Gasteiger partial charge < -0.3 is 10.1 Å². The van der Waals surface area contributed by atoms with E-state index in [-0.39, 0.29) is 18.4 Å². The summed E-state index contributed by atoms with van der Waals surface area (Å²) in [4.78, 5) is 26.8. The van der Waals surface area contributed by atoms with Crippen molar-refractivity contribution in [2.24, 2.45) is 0 Å². The van der Waals surface area contributed by atoms with Crippen LogP contribution < -0.4 is 10.1 Å². The lowest BCUT2D eigenvalue weighted by molar-refractivity contribution is -0.115. The molecular formula is C22H24N4O2S. The summed E-state index contributed by atoms with van der Waals surface area (Å²) in [6, 6.07) is 9.69. The van der Waals surface area contributed by atoms with E-state index in [9.17, 15) is 4.79 Å². The number of amides is 1. The number of hydrogen-bond donors (Lipinski definition) is 1. The zero-order valence-corrected chi connectivity index (χ0v) is 17.2. The monoisotopic (exact) mass is 408 g/mol. The minimum atomic E-state index is -0.131. The average molecular weight is 409 g/mol. The van der Waals surface area contributed by atoms with E-state index in [0.29, 0.717) is 17.2 Å². The van der Waals surface area contributed by atoms with E-state index in [1.54, 1.807) is 12.4 Å². The Hall–Kier alpha value is -2.80. The third kappa shape index (κ3) is 5.60. The molecule has 0 unspecified atom stereocenters. The van der Waals surface area contributed by atoms with Gasteiger partial charge >= 0.3 is 0 Å². The van der Waals surface area contributed by atoms with Gasteiger partial charge in [-0.1, -0.05) is 6.07 Å². The largest absolute Gasteiger partial charge is 0.490 e. The van der Waals surface area contributed by atoms with E-state index in [2.05, 4.69) is 15.3 Å². The summed E-state index contributed by atoms with van der Waals surface area (Å²) in [6.45, 7) is 1.96. The molecule has 7 heteroatoms. The van der Waals surface area contributed by atoms with Crippen LogP contribution in [-0.4, -0.2) is 27.0 Å². The van der Waals surface area contributed by atoms with Crippen LogP contribution in [0.25, 0.3) is 0 Å². The molecule has 0 aliphatic heterocycles. The minimum Gasteiger partial charge on any atom is -0.490 e. The molecule has 0 spiro atoms. The highest BCUT2D eigenvalue weighted by molar-refractivity contribution is 7.15. The van der Waals surface area contributed by atoms with Crippen LogP contribution in [0.15, 0.2) is 42.7 Å². The van der Waals surface area contributed by atoms with Crippen molar-refractivity contribution >= 4 is 22.4 Å². The van der Waals surface area contributed by atoms with Gasteiger partial charge in [-0.25, -0.2) is 4.98 Å². The fourth-order valence-electron chi connectivity index (χ4n) is 3.50. The molecule has 1 saturated carbocycles. The van der Waals surface area contributed by atoms with E-state index < -0.39 is 0 Å². The molecule has 0 saturated heterocycles. The second-order valence-corrected chi connectivity index (χ2v) is 8.54. The van der Waals surface area contributed by atoms with Crippen LogP contribution in [0.2, 0.25) is 0 Å². The predicted octanol–water partition coefficient (Wildman–Crippen LogP) is 4.33. The molecule has 3 aromatic rings. The lowest BCUT2D eigenvalue weighted by Crippen LogP contribution is -2.16. The number of nitrogens with zero attached hydrogens (tertiary/aromatic N) is 3. The van der Waals surface area contributed by atoms with Crippen molar-refractivity contribution in [2.45, 2.75) is 51.6 Å². The first-order valence-corrected chi connectivity index (χ1v) is 10.7. The standard InChI is InChI=1S/C22H24N4O2S/c1-15-14-24-22(29-15)26-21(27)13-18-12-20(28-19-7-2-3-8-19)11-17(25-18)10-16-6-4-5-9-23-16/h4-6,9,11-12,14,19H,2-3,7-8,10,13H2,1H3,(H,24,26,27). The highest BCUT2D eigenvalue weighted by Crippen LogP contribution is 2.26. The summed E-state index contributed by atoms with van der Waals surface area (Å²) in [7, 11) is 0. The number of aromatic nitrogens is 3.